The average Bonchev–Trinajstić information content (AvgIpc) is 2.51. The minimum absolute atomic E-state index is 0.788. The molecule has 20 heavy (non-hydrogen) atoms. The number of pyridine rings is 1. The van der Waals surface area contributed by atoms with Crippen LogP contribution in [0.5, 0.6) is 5.75 Å². The first-order chi connectivity index (χ1) is 9.81. The third-order valence-corrected chi connectivity index (χ3v) is 2.49. The summed E-state index contributed by atoms with van der Waals surface area (Å²) in [5, 5.41) is 3.69. The summed E-state index contributed by atoms with van der Waals surface area (Å²) in [6.45, 7) is 0. The molecular weight excluding hydrogens is 252 g/mol. The lowest BCUT2D eigenvalue weighted by atomic mass is 10.2. The van der Waals surface area contributed by atoms with Crippen LogP contribution in [-0.4, -0.2) is 25.4 Å². The van der Waals surface area contributed by atoms with Crippen LogP contribution in [0.25, 0.3) is 0 Å². The van der Waals surface area contributed by atoms with Crippen LogP contribution in [0.1, 0.15) is 16.7 Å². The number of hydrogen-bond acceptors (Lipinski definition) is 4. The number of ether oxygens (including phenoxy) is 1. The van der Waals surface area contributed by atoms with Gasteiger partial charge in [-0.25, -0.2) is 0 Å². The van der Waals surface area contributed by atoms with Gasteiger partial charge in [0.25, 0.3) is 0 Å². The molecule has 100 valence electrons. The van der Waals surface area contributed by atoms with Gasteiger partial charge < -0.3 is 9.57 Å². The summed E-state index contributed by atoms with van der Waals surface area (Å²) in [5.41, 5.74) is 2.54. The van der Waals surface area contributed by atoms with Crippen LogP contribution >= 0.6 is 0 Å². The third-order valence-electron chi connectivity index (χ3n) is 2.49. The highest BCUT2D eigenvalue weighted by Gasteiger charge is 1.93. The van der Waals surface area contributed by atoms with Gasteiger partial charge in [-0.3, -0.25) is 4.98 Å². The molecule has 0 saturated heterocycles. The molecule has 1 aromatic heterocycles. The summed E-state index contributed by atoms with van der Waals surface area (Å²) >= 11 is 0. The quantitative estimate of drug-likeness (QED) is 0.487. The molecule has 0 aliphatic carbocycles. The second-order valence-corrected chi connectivity index (χ2v) is 3.91. The van der Waals surface area contributed by atoms with Crippen molar-refractivity contribution in [3.8, 4) is 17.6 Å². The molecule has 2 aromatic rings. The molecule has 1 heterocycles. The molecule has 2 rings (SSSR count). The van der Waals surface area contributed by atoms with Crippen molar-refractivity contribution in [2.24, 2.45) is 5.16 Å². The van der Waals surface area contributed by atoms with Gasteiger partial charge >= 0.3 is 0 Å². The van der Waals surface area contributed by atoms with E-state index in [1.165, 1.54) is 7.11 Å². The lowest BCUT2D eigenvalue weighted by molar-refractivity contribution is 0.215. The maximum atomic E-state index is 5.16. The lowest BCUT2D eigenvalue weighted by Crippen LogP contribution is -1.87. The highest BCUT2D eigenvalue weighted by Crippen LogP contribution is 2.11. The van der Waals surface area contributed by atoms with Crippen LogP contribution < -0.4 is 4.74 Å². The first kappa shape index (κ1) is 13.6. The molecule has 0 amide bonds. The van der Waals surface area contributed by atoms with Crippen molar-refractivity contribution in [3.63, 3.8) is 0 Å². The number of rotatable bonds is 3. The number of oxime groups is 1. The fraction of sp³-hybridized carbons (Fsp3) is 0.125. The van der Waals surface area contributed by atoms with E-state index in [4.69, 9.17) is 4.74 Å². The van der Waals surface area contributed by atoms with Crippen LogP contribution in [0.2, 0.25) is 0 Å². The van der Waals surface area contributed by atoms with Crippen molar-refractivity contribution in [2.75, 3.05) is 14.2 Å². The van der Waals surface area contributed by atoms with Gasteiger partial charge in [0.2, 0.25) is 0 Å². The second kappa shape index (κ2) is 6.95. The molecule has 0 saturated carbocycles. The molecule has 0 aliphatic heterocycles. The second-order valence-electron chi connectivity index (χ2n) is 3.91. The van der Waals surface area contributed by atoms with E-state index in [9.17, 15) is 0 Å². The molecule has 0 atom stereocenters. The first-order valence-electron chi connectivity index (χ1n) is 5.99. The van der Waals surface area contributed by atoms with Crippen molar-refractivity contribution in [2.45, 2.75) is 0 Å². The third kappa shape index (κ3) is 3.85. The molecule has 4 nitrogen and oxygen atoms in total. The predicted molar refractivity (Wildman–Crippen MR) is 77.8 cm³/mol. The smallest absolute Gasteiger partial charge is 0.120 e. The molecular formula is C16H14N2O2. The van der Waals surface area contributed by atoms with Crippen LogP contribution in [-0.2, 0) is 4.84 Å². The Balaban J connectivity index is 2.21. The van der Waals surface area contributed by atoms with Crippen molar-refractivity contribution >= 4 is 6.21 Å². The van der Waals surface area contributed by atoms with E-state index in [0.717, 1.165) is 22.4 Å². The Hall–Kier alpha value is -2.80. The normalized spacial score (nSPS) is 9.90. The van der Waals surface area contributed by atoms with Crippen molar-refractivity contribution in [1.29, 1.82) is 0 Å². The Morgan fingerprint density at radius 3 is 2.75 bits per heavy atom. The molecule has 0 N–H and O–H groups in total. The molecule has 1 aromatic carbocycles. The lowest BCUT2D eigenvalue weighted by Gasteiger charge is -1.98. The average molecular weight is 266 g/mol. The summed E-state index contributed by atoms with van der Waals surface area (Å²) in [6, 6.07) is 9.50. The first-order valence-corrected chi connectivity index (χ1v) is 5.99. The van der Waals surface area contributed by atoms with E-state index in [0.29, 0.717) is 0 Å². The van der Waals surface area contributed by atoms with Gasteiger partial charge in [0.15, 0.2) is 0 Å². The molecule has 0 aliphatic rings. The minimum Gasteiger partial charge on any atom is -0.497 e. The Morgan fingerprint density at radius 1 is 1.10 bits per heavy atom. The summed E-state index contributed by atoms with van der Waals surface area (Å²) in [4.78, 5) is 8.74. The summed E-state index contributed by atoms with van der Waals surface area (Å²) < 4.78 is 5.16. The number of benzene rings is 1. The van der Waals surface area contributed by atoms with Gasteiger partial charge in [0, 0.05) is 29.1 Å². The maximum Gasteiger partial charge on any atom is 0.120 e. The van der Waals surface area contributed by atoms with Gasteiger partial charge in [-0.15, -0.1) is 0 Å². The number of methoxy groups -OCH3 is 1. The van der Waals surface area contributed by atoms with Crippen LogP contribution in [0.15, 0.2) is 47.9 Å². The van der Waals surface area contributed by atoms with E-state index < -0.39 is 0 Å². The Labute approximate surface area is 118 Å². The molecule has 0 fully saturated rings. The predicted octanol–water partition coefficient (Wildman–Crippen LogP) is 2.47. The van der Waals surface area contributed by atoms with Gasteiger partial charge in [-0.1, -0.05) is 23.1 Å². The zero-order valence-electron chi connectivity index (χ0n) is 11.3. The monoisotopic (exact) mass is 266 g/mol. The number of aromatic nitrogens is 1. The molecule has 0 spiro atoms. The Kier molecular flexibility index (Phi) is 4.74. The zero-order chi connectivity index (χ0) is 14.2. The van der Waals surface area contributed by atoms with Crippen LogP contribution in [0.4, 0.5) is 0 Å². The van der Waals surface area contributed by atoms with Gasteiger partial charge in [0.1, 0.15) is 12.9 Å². The fourth-order valence-corrected chi connectivity index (χ4v) is 1.56. The molecule has 0 bridgehead atoms. The molecule has 4 heteroatoms. The van der Waals surface area contributed by atoms with Crippen LogP contribution in [0.3, 0.4) is 0 Å². The number of nitrogens with zero attached hydrogens (tertiary/aromatic N) is 2. The van der Waals surface area contributed by atoms with Gasteiger partial charge in [0.05, 0.1) is 13.3 Å². The summed E-state index contributed by atoms with van der Waals surface area (Å²) in [7, 11) is 3.13. The van der Waals surface area contributed by atoms with E-state index in [1.54, 1.807) is 25.7 Å². The summed E-state index contributed by atoms with van der Waals surface area (Å²) in [5.74, 6) is 6.92. The van der Waals surface area contributed by atoms with E-state index in [1.807, 2.05) is 30.3 Å². The minimum atomic E-state index is 0.788. The Bertz CT molecular complexity index is 669. The van der Waals surface area contributed by atoms with Gasteiger partial charge in [-0.05, 0) is 24.3 Å². The largest absolute Gasteiger partial charge is 0.497 e. The zero-order valence-corrected chi connectivity index (χ0v) is 11.3. The van der Waals surface area contributed by atoms with E-state index in [-0.39, 0.29) is 0 Å². The number of hydrogen-bond donors (Lipinski definition) is 0. The standard InChI is InChI=1S/C16H14N2O2/c1-19-16-5-3-4-13(9-16)6-7-14-8-15(11-17-10-14)12-18-20-2/h3-5,8-12H,1-2H3/b18-12-. The summed E-state index contributed by atoms with van der Waals surface area (Å²) in [6.07, 6.45) is 4.99. The highest BCUT2D eigenvalue weighted by atomic mass is 16.6. The van der Waals surface area contributed by atoms with Crippen molar-refractivity contribution in [1.82, 2.24) is 4.98 Å². The Morgan fingerprint density at radius 2 is 1.95 bits per heavy atom. The van der Waals surface area contributed by atoms with Crippen LogP contribution in [0, 0.1) is 11.8 Å². The van der Waals surface area contributed by atoms with E-state index in [2.05, 4.69) is 26.8 Å². The maximum absolute atomic E-state index is 5.16. The van der Waals surface area contributed by atoms with Crippen molar-refractivity contribution < 1.29 is 9.57 Å². The van der Waals surface area contributed by atoms with Crippen molar-refractivity contribution in [3.05, 3.63) is 59.4 Å². The molecule has 0 radical (unpaired) electrons. The SMILES string of the molecule is CO/N=C\c1cncc(C#Cc2cccc(OC)c2)c1. The molecule has 0 unspecified atom stereocenters. The highest BCUT2D eigenvalue weighted by molar-refractivity contribution is 5.79. The van der Waals surface area contributed by atoms with E-state index >= 15 is 0 Å². The fourth-order valence-electron chi connectivity index (χ4n) is 1.56. The van der Waals surface area contributed by atoms with Gasteiger partial charge in [-0.2, -0.15) is 0 Å². The topological polar surface area (TPSA) is 43.7 Å².